The van der Waals surface area contributed by atoms with Gasteiger partial charge in [-0.3, -0.25) is 9.59 Å². The van der Waals surface area contributed by atoms with E-state index in [1.807, 2.05) is 38.1 Å². The third kappa shape index (κ3) is 7.05. The average molecular weight is 483 g/mol. The summed E-state index contributed by atoms with van der Waals surface area (Å²) in [4.78, 5) is 36.0. The summed E-state index contributed by atoms with van der Waals surface area (Å²) in [7, 11) is 0. The van der Waals surface area contributed by atoms with Gasteiger partial charge in [0.25, 0.3) is 0 Å². The van der Waals surface area contributed by atoms with Crippen LogP contribution in [0.4, 0.5) is 4.79 Å². The molecule has 0 spiro atoms. The third-order valence-corrected chi connectivity index (χ3v) is 6.18. The molecule has 35 heavy (non-hydrogen) atoms. The molecule has 3 rings (SSSR count). The first kappa shape index (κ1) is 26.2. The summed E-state index contributed by atoms with van der Waals surface area (Å²) in [5, 5.41) is 14.5. The van der Waals surface area contributed by atoms with Gasteiger partial charge in [0.2, 0.25) is 5.91 Å². The zero-order valence-electron chi connectivity index (χ0n) is 20.5. The lowest BCUT2D eigenvalue weighted by Gasteiger charge is -2.23. The highest BCUT2D eigenvalue weighted by Gasteiger charge is 2.29. The number of carbonyl (C=O) groups is 3. The fourth-order valence-electron chi connectivity index (χ4n) is 4.39. The summed E-state index contributed by atoms with van der Waals surface area (Å²) in [6, 6.07) is 15.8. The Morgan fingerprint density at radius 1 is 0.971 bits per heavy atom. The summed E-state index contributed by atoms with van der Waals surface area (Å²) in [5.41, 5.74) is 4.57. The van der Waals surface area contributed by atoms with E-state index >= 15 is 0 Å². The summed E-state index contributed by atoms with van der Waals surface area (Å²) < 4.78 is 11.2. The molecule has 0 saturated carbocycles. The second-order valence-electron chi connectivity index (χ2n) is 9.00. The molecular formula is C27H34N2O6. The van der Waals surface area contributed by atoms with Crippen molar-refractivity contribution < 1.29 is 29.0 Å². The van der Waals surface area contributed by atoms with Gasteiger partial charge >= 0.3 is 12.1 Å². The zero-order chi connectivity index (χ0) is 25.4. The highest BCUT2D eigenvalue weighted by atomic mass is 16.5. The number of aliphatic carboxylic acids is 1. The minimum Gasteiger partial charge on any atom is -0.481 e. The van der Waals surface area contributed by atoms with E-state index in [1.54, 1.807) is 6.92 Å². The van der Waals surface area contributed by atoms with Crippen LogP contribution in [0, 0.1) is 5.92 Å². The summed E-state index contributed by atoms with van der Waals surface area (Å²) in [6.07, 6.45) is -1.29. The van der Waals surface area contributed by atoms with Crippen LogP contribution in [-0.2, 0) is 19.1 Å². The van der Waals surface area contributed by atoms with Gasteiger partial charge in [-0.25, -0.2) is 4.79 Å². The van der Waals surface area contributed by atoms with Gasteiger partial charge in [0.05, 0.1) is 18.9 Å². The smallest absolute Gasteiger partial charge is 0.407 e. The van der Waals surface area contributed by atoms with Crippen LogP contribution >= 0.6 is 0 Å². The van der Waals surface area contributed by atoms with Crippen molar-refractivity contribution in [2.75, 3.05) is 19.8 Å². The molecule has 2 aromatic carbocycles. The molecule has 3 N–H and O–H groups in total. The Labute approximate surface area is 206 Å². The fraction of sp³-hybridized carbons (Fsp3) is 0.444. The zero-order valence-corrected chi connectivity index (χ0v) is 20.5. The van der Waals surface area contributed by atoms with Gasteiger partial charge < -0.3 is 25.2 Å². The van der Waals surface area contributed by atoms with Crippen molar-refractivity contribution >= 4 is 18.0 Å². The van der Waals surface area contributed by atoms with Crippen molar-refractivity contribution in [3.05, 3.63) is 59.7 Å². The van der Waals surface area contributed by atoms with Gasteiger partial charge in [0.15, 0.2) is 0 Å². The number of carboxylic acid groups (broad SMARTS) is 1. The molecule has 0 fully saturated rings. The van der Waals surface area contributed by atoms with Crippen molar-refractivity contribution in [3.8, 4) is 11.1 Å². The molecule has 2 aromatic rings. The fourth-order valence-corrected chi connectivity index (χ4v) is 4.39. The maximum Gasteiger partial charge on any atom is 0.407 e. The summed E-state index contributed by atoms with van der Waals surface area (Å²) >= 11 is 0. The number of hydrogen-bond acceptors (Lipinski definition) is 5. The van der Waals surface area contributed by atoms with E-state index in [0.717, 1.165) is 22.3 Å². The molecule has 2 amide bonds. The third-order valence-electron chi connectivity index (χ3n) is 6.18. The molecule has 0 saturated heterocycles. The van der Waals surface area contributed by atoms with Crippen molar-refractivity contribution in [2.24, 2.45) is 5.92 Å². The predicted octanol–water partition coefficient (Wildman–Crippen LogP) is 3.94. The first-order valence-electron chi connectivity index (χ1n) is 12.0. The molecule has 0 heterocycles. The highest BCUT2D eigenvalue weighted by Crippen LogP contribution is 2.44. The van der Waals surface area contributed by atoms with Crippen molar-refractivity contribution in [1.82, 2.24) is 10.6 Å². The number of carboxylic acids is 1. The van der Waals surface area contributed by atoms with E-state index in [9.17, 15) is 14.4 Å². The number of nitrogens with one attached hydrogen (secondary N) is 2. The first-order chi connectivity index (χ1) is 16.8. The minimum atomic E-state index is -0.970. The molecule has 1 unspecified atom stereocenters. The molecule has 0 radical (unpaired) electrons. The summed E-state index contributed by atoms with van der Waals surface area (Å²) in [5.74, 6) is -1.36. The number of hydrogen-bond donors (Lipinski definition) is 3. The number of fused-ring (bicyclic) bond motifs is 3. The summed E-state index contributed by atoms with van der Waals surface area (Å²) in [6.45, 7) is 6.18. The lowest BCUT2D eigenvalue weighted by atomic mass is 9.98. The number of amides is 2. The molecule has 8 nitrogen and oxygen atoms in total. The number of rotatable bonds is 12. The molecule has 1 aliphatic carbocycles. The van der Waals surface area contributed by atoms with E-state index in [-0.39, 0.29) is 43.7 Å². The number of ether oxygens (including phenoxy) is 2. The molecule has 188 valence electrons. The van der Waals surface area contributed by atoms with Gasteiger partial charge in [-0.2, -0.15) is 0 Å². The normalized spacial score (nSPS) is 14.1. The van der Waals surface area contributed by atoms with Crippen LogP contribution in [0.25, 0.3) is 11.1 Å². The Hall–Kier alpha value is -3.39. The molecule has 8 heteroatoms. The molecule has 0 aromatic heterocycles. The molecule has 0 aliphatic heterocycles. The lowest BCUT2D eigenvalue weighted by molar-refractivity contribution is -0.138. The Morgan fingerprint density at radius 3 is 2.11 bits per heavy atom. The first-order valence-corrected chi connectivity index (χ1v) is 12.0. The van der Waals surface area contributed by atoms with Crippen LogP contribution in [0.15, 0.2) is 48.5 Å². The molecule has 2 atom stereocenters. The Bertz CT molecular complexity index is 992. The quantitative estimate of drug-likeness (QED) is 0.422. The number of benzene rings is 2. The SMILES string of the molecule is CCOC(CNC(=O)OCC1c2ccccc2-c2ccccc21)CC(=O)N[C@H](CC(=O)O)C(C)C. The van der Waals surface area contributed by atoms with Crippen LogP contribution in [0.3, 0.4) is 0 Å². The van der Waals surface area contributed by atoms with Gasteiger partial charge in [-0.1, -0.05) is 62.4 Å². The molecular weight excluding hydrogens is 448 g/mol. The monoisotopic (exact) mass is 482 g/mol. The Morgan fingerprint density at radius 2 is 1.57 bits per heavy atom. The van der Waals surface area contributed by atoms with Crippen molar-refractivity contribution in [2.45, 2.75) is 51.7 Å². The van der Waals surface area contributed by atoms with Crippen LogP contribution < -0.4 is 10.6 Å². The predicted molar refractivity (Wildman–Crippen MR) is 132 cm³/mol. The second kappa shape index (κ2) is 12.4. The number of alkyl carbamates (subject to hydrolysis) is 1. The van der Waals surface area contributed by atoms with Crippen LogP contribution in [0.1, 0.15) is 50.7 Å². The Kier molecular flexibility index (Phi) is 9.25. The minimum absolute atomic E-state index is 0.000332. The van der Waals surface area contributed by atoms with Gasteiger partial charge in [0.1, 0.15) is 6.61 Å². The largest absolute Gasteiger partial charge is 0.481 e. The van der Waals surface area contributed by atoms with Crippen LogP contribution in [-0.4, -0.2) is 55.0 Å². The van der Waals surface area contributed by atoms with Crippen molar-refractivity contribution in [3.63, 3.8) is 0 Å². The average Bonchev–Trinajstić information content (AvgIpc) is 3.14. The van der Waals surface area contributed by atoms with Crippen LogP contribution in [0.2, 0.25) is 0 Å². The van der Waals surface area contributed by atoms with Crippen molar-refractivity contribution in [1.29, 1.82) is 0 Å². The highest BCUT2D eigenvalue weighted by molar-refractivity contribution is 5.79. The molecule has 1 aliphatic rings. The maximum absolute atomic E-state index is 12.5. The molecule has 0 bridgehead atoms. The standard InChI is InChI=1S/C27H34N2O6/c1-4-34-18(13-25(30)29-24(17(2)3)14-26(31)32)15-28-27(33)35-16-23-21-11-7-5-9-19(21)20-10-6-8-12-22(20)23/h5-12,17-18,23-24H,4,13-16H2,1-3H3,(H,28,33)(H,29,30)(H,31,32)/t18?,24-/m1/s1. The van der Waals surface area contributed by atoms with Gasteiger partial charge in [0, 0.05) is 25.1 Å². The van der Waals surface area contributed by atoms with E-state index < -0.39 is 24.2 Å². The van der Waals surface area contributed by atoms with Gasteiger partial charge in [-0.15, -0.1) is 0 Å². The topological polar surface area (TPSA) is 114 Å². The number of carbonyl (C=O) groups excluding carboxylic acids is 2. The maximum atomic E-state index is 12.5. The van der Waals surface area contributed by atoms with E-state index in [4.69, 9.17) is 14.6 Å². The van der Waals surface area contributed by atoms with E-state index in [2.05, 4.69) is 34.9 Å². The van der Waals surface area contributed by atoms with E-state index in [1.165, 1.54) is 0 Å². The second-order valence-corrected chi connectivity index (χ2v) is 9.00. The lowest BCUT2D eigenvalue weighted by Crippen LogP contribution is -2.43. The van der Waals surface area contributed by atoms with Gasteiger partial charge in [-0.05, 0) is 35.1 Å². The van der Waals surface area contributed by atoms with E-state index in [0.29, 0.717) is 6.61 Å². The Balaban J connectivity index is 1.52. The van der Waals surface area contributed by atoms with Crippen LogP contribution in [0.5, 0.6) is 0 Å².